The van der Waals surface area contributed by atoms with Crippen molar-refractivity contribution in [2.24, 2.45) is 0 Å². The minimum atomic E-state index is -1.03. The highest BCUT2D eigenvalue weighted by atomic mass is 32.1. The van der Waals surface area contributed by atoms with E-state index in [0.29, 0.717) is 15.3 Å². The highest BCUT2D eigenvalue weighted by Crippen LogP contribution is 2.27. The summed E-state index contributed by atoms with van der Waals surface area (Å²) in [6.45, 7) is 0. The second-order valence-corrected chi connectivity index (χ2v) is 5.50. The van der Waals surface area contributed by atoms with E-state index >= 15 is 0 Å². The number of benzene rings is 2. The molecule has 0 saturated carbocycles. The van der Waals surface area contributed by atoms with Gasteiger partial charge in [-0.1, -0.05) is 17.4 Å². The van der Waals surface area contributed by atoms with Crippen LogP contribution in [0.2, 0.25) is 0 Å². The van der Waals surface area contributed by atoms with E-state index in [-0.39, 0.29) is 11.1 Å². The van der Waals surface area contributed by atoms with Gasteiger partial charge in [-0.05, 0) is 36.4 Å². The van der Waals surface area contributed by atoms with Gasteiger partial charge in [0.05, 0.1) is 15.8 Å². The summed E-state index contributed by atoms with van der Waals surface area (Å²) in [6.07, 6.45) is 0. The SMILES string of the molecule is O=C(O)c1ccc2nc(NC(=O)c3cccc(F)c3)sc2c1. The van der Waals surface area contributed by atoms with Gasteiger partial charge in [0.1, 0.15) is 5.82 Å². The fourth-order valence-corrected chi connectivity index (χ4v) is 2.81. The third-order valence-electron chi connectivity index (χ3n) is 2.94. The van der Waals surface area contributed by atoms with Gasteiger partial charge in [0.25, 0.3) is 5.91 Å². The predicted molar refractivity (Wildman–Crippen MR) is 80.9 cm³/mol. The summed E-state index contributed by atoms with van der Waals surface area (Å²) in [4.78, 5) is 27.1. The second-order valence-electron chi connectivity index (χ2n) is 4.47. The molecule has 1 amide bonds. The van der Waals surface area contributed by atoms with Crippen molar-refractivity contribution in [3.63, 3.8) is 0 Å². The van der Waals surface area contributed by atoms with Crippen molar-refractivity contribution in [2.75, 3.05) is 5.32 Å². The molecule has 0 aliphatic carbocycles. The molecule has 1 aromatic heterocycles. The topological polar surface area (TPSA) is 79.3 Å². The fraction of sp³-hybridized carbons (Fsp3) is 0. The van der Waals surface area contributed by atoms with Crippen molar-refractivity contribution in [1.82, 2.24) is 4.98 Å². The first-order chi connectivity index (χ1) is 10.5. The zero-order valence-corrected chi connectivity index (χ0v) is 11.9. The molecular weight excluding hydrogens is 307 g/mol. The number of anilines is 1. The van der Waals surface area contributed by atoms with Crippen molar-refractivity contribution in [1.29, 1.82) is 0 Å². The molecule has 0 saturated heterocycles. The average Bonchev–Trinajstić information content (AvgIpc) is 2.88. The molecule has 0 unspecified atom stereocenters. The van der Waals surface area contributed by atoms with Crippen LogP contribution in [0.1, 0.15) is 20.7 Å². The summed E-state index contributed by atoms with van der Waals surface area (Å²) in [5.74, 6) is -2.00. The Morgan fingerprint density at radius 1 is 1.14 bits per heavy atom. The maximum Gasteiger partial charge on any atom is 0.335 e. The molecule has 2 aromatic carbocycles. The van der Waals surface area contributed by atoms with Crippen LogP contribution >= 0.6 is 11.3 Å². The lowest BCUT2D eigenvalue weighted by atomic mass is 10.2. The molecular formula is C15H9FN2O3S. The van der Waals surface area contributed by atoms with Crippen LogP contribution in [0.25, 0.3) is 10.2 Å². The molecule has 0 radical (unpaired) electrons. The van der Waals surface area contributed by atoms with Crippen LogP contribution in [-0.4, -0.2) is 22.0 Å². The predicted octanol–water partition coefficient (Wildman–Crippen LogP) is 3.39. The number of aromatic nitrogens is 1. The summed E-state index contributed by atoms with van der Waals surface area (Å²) in [6, 6.07) is 9.84. The number of carboxylic acid groups (broad SMARTS) is 1. The molecule has 1 heterocycles. The van der Waals surface area contributed by atoms with E-state index in [0.717, 1.165) is 17.4 Å². The van der Waals surface area contributed by atoms with E-state index in [2.05, 4.69) is 10.3 Å². The number of fused-ring (bicyclic) bond motifs is 1. The summed E-state index contributed by atoms with van der Waals surface area (Å²) in [5, 5.41) is 11.9. The lowest BCUT2D eigenvalue weighted by molar-refractivity contribution is 0.0697. The van der Waals surface area contributed by atoms with E-state index in [1.807, 2.05) is 0 Å². The third-order valence-corrected chi connectivity index (χ3v) is 3.88. The van der Waals surface area contributed by atoms with E-state index in [4.69, 9.17) is 5.11 Å². The second kappa shape index (κ2) is 5.53. The number of amides is 1. The molecule has 0 aliphatic rings. The zero-order chi connectivity index (χ0) is 15.7. The Morgan fingerprint density at radius 2 is 1.95 bits per heavy atom. The van der Waals surface area contributed by atoms with E-state index in [1.165, 1.54) is 30.3 Å². The third kappa shape index (κ3) is 2.79. The minimum Gasteiger partial charge on any atom is -0.478 e. The summed E-state index contributed by atoms with van der Waals surface area (Å²) >= 11 is 1.16. The number of carboxylic acids is 1. The van der Waals surface area contributed by atoms with Crippen molar-refractivity contribution >= 4 is 38.6 Å². The van der Waals surface area contributed by atoms with Gasteiger partial charge in [-0.25, -0.2) is 14.2 Å². The molecule has 0 fully saturated rings. The maximum absolute atomic E-state index is 13.1. The Kier molecular flexibility index (Phi) is 3.56. The molecule has 2 N–H and O–H groups in total. The summed E-state index contributed by atoms with van der Waals surface area (Å²) in [7, 11) is 0. The Morgan fingerprint density at radius 3 is 2.68 bits per heavy atom. The number of thiazole rings is 1. The van der Waals surface area contributed by atoms with E-state index in [9.17, 15) is 14.0 Å². The van der Waals surface area contributed by atoms with Crippen LogP contribution in [0, 0.1) is 5.82 Å². The molecule has 3 rings (SSSR count). The highest BCUT2D eigenvalue weighted by molar-refractivity contribution is 7.22. The molecule has 0 aliphatic heterocycles. The number of hydrogen-bond donors (Lipinski definition) is 2. The minimum absolute atomic E-state index is 0.152. The first-order valence-electron chi connectivity index (χ1n) is 6.24. The fourth-order valence-electron chi connectivity index (χ4n) is 1.91. The normalized spacial score (nSPS) is 10.6. The van der Waals surface area contributed by atoms with Crippen molar-refractivity contribution in [2.45, 2.75) is 0 Å². The highest BCUT2D eigenvalue weighted by Gasteiger charge is 2.12. The Balaban J connectivity index is 1.87. The molecule has 110 valence electrons. The first-order valence-corrected chi connectivity index (χ1v) is 7.05. The number of carbonyl (C=O) groups is 2. The van der Waals surface area contributed by atoms with Crippen LogP contribution < -0.4 is 5.32 Å². The number of nitrogens with one attached hydrogen (secondary N) is 1. The number of hydrogen-bond acceptors (Lipinski definition) is 4. The quantitative estimate of drug-likeness (QED) is 0.776. The molecule has 0 atom stereocenters. The van der Waals surface area contributed by atoms with Gasteiger partial charge >= 0.3 is 5.97 Å². The Hall–Kier alpha value is -2.80. The van der Waals surface area contributed by atoms with E-state index < -0.39 is 17.7 Å². The van der Waals surface area contributed by atoms with Crippen LogP contribution in [0.5, 0.6) is 0 Å². The van der Waals surface area contributed by atoms with Gasteiger partial charge in [0, 0.05) is 5.56 Å². The number of halogens is 1. The molecule has 3 aromatic rings. The standard InChI is InChI=1S/C15H9FN2O3S/c16-10-3-1-2-8(6-10)13(19)18-15-17-11-5-4-9(14(20)21)7-12(11)22-15/h1-7H,(H,20,21)(H,17,18,19). The van der Waals surface area contributed by atoms with Crippen LogP contribution in [0.4, 0.5) is 9.52 Å². The smallest absolute Gasteiger partial charge is 0.335 e. The van der Waals surface area contributed by atoms with Crippen LogP contribution in [-0.2, 0) is 0 Å². The Labute approximate surface area is 128 Å². The van der Waals surface area contributed by atoms with Crippen molar-refractivity contribution in [3.8, 4) is 0 Å². The van der Waals surface area contributed by atoms with E-state index in [1.54, 1.807) is 6.07 Å². The Bertz CT molecular complexity index is 891. The van der Waals surface area contributed by atoms with Gasteiger partial charge in [-0.2, -0.15) is 0 Å². The average molecular weight is 316 g/mol. The first kappa shape index (κ1) is 14.2. The van der Waals surface area contributed by atoms with Crippen LogP contribution in [0.15, 0.2) is 42.5 Å². The largest absolute Gasteiger partial charge is 0.478 e. The summed E-state index contributed by atoms with van der Waals surface area (Å²) in [5.41, 5.74) is 0.925. The monoisotopic (exact) mass is 316 g/mol. The van der Waals surface area contributed by atoms with Gasteiger partial charge < -0.3 is 5.11 Å². The van der Waals surface area contributed by atoms with Gasteiger partial charge in [-0.3, -0.25) is 10.1 Å². The zero-order valence-electron chi connectivity index (χ0n) is 11.0. The van der Waals surface area contributed by atoms with Gasteiger partial charge in [-0.15, -0.1) is 0 Å². The van der Waals surface area contributed by atoms with Gasteiger partial charge in [0.15, 0.2) is 5.13 Å². The van der Waals surface area contributed by atoms with Gasteiger partial charge in [0.2, 0.25) is 0 Å². The molecule has 0 bridgehead atoms. The number of carbonyl (C=O) groups excluding carboxylic acids is 1. The molecule has 5 nitrogen and oxygen atoms in total. The van der Waals surface area contributed by atoms with Crippen molar-refractivity contribution in [3.05, 3.63) is 59.4 Å². The number of aromatic carboxylic acids is 1. The molecule has 0 spiro atoms. The lowest BCUT2D eigenvalue weighted by Gasteiger charge is -2.00. The number of nitrogens with zero attached hydrogens (tertiary/aromatic N) is 1. The number of rotatable bonds is 3. The molecule has 22 heavy (non-hydrogen) atoms. The van der Waals surface area contributed by atoms with Crippen molar-refractivity contribution < 1.29 is 19.1 Å². The summed E-state index contributed by atoms with van der Waals surface area (Å²) < 4.78 is 13.8. The maximum atomic E-state index is 13.1. The lowest BCUT2D eigenvalue weighted by Crippen LogP contribution is -2.11. The molecule has 7 heteroatoms. The van der Waals surface area contributed by atoms with Crippen LogP contribution in [0.3, 0.4) is 0 Å².